The molecule has 2 atom stereocenters. The minimum Gasteiger partial charge on any atom is -0.313 e. The van der Waals surface area contributed by atoms with Crippen molar-refractivity contribution in [1.82, 2.24) is 15.1 Å². The Hall–Kier alpha value is -0.120. The molecule has 0 aromatic rings. The summed E-state index contributed by atoms with van der Waals surface area (Å²) >= 11 is 0. The topological polar surface area (TPSA) is 18.5 Å². The summed E-state index contributed by atoms with van der Waals surface area (Å²) in [7, 11) is 2.26. The van der Waals surface area contributed by atoms with Crippen LogP contribution < -0.4 is 5.32 Å². The zero-order valence-corrected chi connectivity index (χ0v) is 10.9. The van der Waals surface area contributed by atoms with Gasteiger partial charge in [0.25, 0.3) is 0 Å². The standard InChI is InChI=1S/C13H27N3/c1-3-13-11-15(2)8-5-9-16(13)10-12-6-4-7-14-12/h12-14H,3-11H2,1-2H3/t12-,13?/m1/s1. The van der Waals surface area contributed by atoms with Gasteiger partial charge >= 0.3 is 0 Å². The van der Waals surface area contributed by atoms with Crippen LogP contribution >= 0.6 is 0 Å². The highest BCUT2D eigenvalue weighted by atomic mass is 15.2. The number of hydrogen-bond donors (Lipinski definition) is 1. The highest BCUT2D eigenvalue weighted by Gasteiger charge is 2.25. The van der Waals surface area contributed by atoms with Gasteiger partial charge in [-0.15, -0.1) is 0 Å². The Bertz CT molecular complexity index is 201. The fraction of sp³-hybridized carbons (Fsp3) is 1.00. The Labute approximate surface area is 100 Å². The molecule has 3 nitrogen and oxygen atoms in total. The van der Waals surface area contributed by atoms with Crippen LogP contribution in [0.2, 0.25) is 0 Å². The van der Waals surface area contributed by atoms with Gasteiger partial charge in [0.05, 0.1) is 0 Å². The molecular formula is C13H27N3. The normalized spacial score (nSPS) is 34.1. The predicted octanol–water partition coefficient (Wildman–Crippen LogP) is 1.15. The molecule has 1 unspecified atom stereocenters. The van der Waals surface area contributed by atoms with Crippen LogP contribution in [0.3, 0.4) is 0 Å². The predicted molar refractivity (Wildman–Crippen MR) is 68.8 cm³/mol. The van der Waals surface area contributed by atoms with Crippen molar-refractivity contribution in [2.75, 3.05) is 39.8 Å². The molecule has 3 heteroatoms. The van der Waals surface area contributed by atoms with Crippen molar-refractivity contribution >= 4 is 0 Å². The van der Waals surface area contributed by atoms with Crippen molar-refractivity contribution in [2.45, 2.75) is 44.7 Å². The zero-order chi connectivity index (χ0) is 11.4. The van der Waals surface area contributed by atoms with Crippen LogP contribution in [0.5, 0.6) is 0 Å². The van der Waals surface area contributed by atoms with Crippen molar-refractivity contribution in [1.29, 1.82) is 0 Å². The van der Waals surface area contributed by atoms with Gasteiger partial charge in [-0.3, -0.25) is 4.90 Å². The van der Waals surface area contributed by atoms with Crippen molar-refractivity contribution < 1.29 is 0 Å². The molecule has 2 rings (SSSR count). The van der Waals surface area contributed by atoms with E-state index in [0.717, 1.165) is 12.1 Å². The first-order chi connectivity index (χ1) is 7.79. The van der Waals surface area contributed by atoms with Gasteiger partial charge in [-0.25, -0.2) is 0 Å². The number of rotatable bonds is 3. The van der Waals surface area contributed by atoms with Gasteiger partial charge in [0.2, 0.25) is 0 Å². The zero-order valence-electron chi connectivity index (χ0n) is 10.9. The molecule has 2 heterocycles. The molecule has 2 aliphatic heterocycles. The largest absolute Gasteiger partial charge is 0.313 e. The minimum absolute atomic E-state index is 0.762. The summed E-state index contributed by atoms with van der Waals surface area (Å²) in [5, 5.41) is 3.62. The van der Waals surface area contributed by atoms with E-state index in [0.29, 0.717) is 0 Å². The molecule has 2 aliphatic rings. The molecule has 94 valence electrons. The average molecular weight is 225 g/mol. The monoisotopic (exact) mass is 225 g/mol. The lowest BCUT2D eigenvalue weighted by molar-refractivity contribution is 0.170. The van der Waals surface area contributed by atoms with Crippen molar-refractivity contribution in [3.8, 4) is 0 Å². The fourth-order valence-corrected chi connectivity index (χ4v) is 3.12. The summed E-state index contributed by atoms with van der Waals surface area (Å²) in [6.07, 6.45) is 5.37. The van der Waals surface area contributed by atoms with Crippen LogP contribution in [0.4, 0.5) is 0 Å². The van der Waals surface area contributed by atoms with Gasteiger partial charge in [-0.1, -0.05) is 6.92 Å². The summed E-state index contributed by atoms with van der Waals surface area (Å²) in [6, 6.07) is 1.53. The van der Waals surface area contributed by atoms with Crippen LogP contribution in [0.25, 0.3) is 0 Å². The second-order valence-corrected chi connectivity index (χ2v) is 5.47. The maximum atomic E-state index is 3.62. The van der Waals surface area contributed by atoms with E-state index in [1.165, 1.54) is 58.4 Å². The molecule has 1 N–H and O–H groups in total. The summed E-state index contributed by atoms with van der Waals surface area (Å²) in [5.41, 5.74) is 0. The average Bonchev–Trinajstić information content (AvgIpc) is 2.70. The fourth-order valence-electron chi connectivity index (χ4n) is 3.12. The summed E-state index contributed by atoms with van der Waals surface area (Å²) in [6.45, 7) is 8.65. The van der Waals surface area contributed by atoms with Crippen LogP contribution in [0, 0.1) is 0 Å². The SMILES string of the molecule is CCC1CN(C)CCCN1C[C@H]1CCCN1. The molecule has 0 bridgehead atoms. The van der Waals surface area contributed by atoms with Gasteiger partial charge in [0, 0.05) is 25.2 Å². The Morgan fingerprint density at radius 3 is 2.81 bits per heavy atom. The Morgan fingerprint density at radius 2 is 2.12 bits per heavy atom. The second-order valence-electron chi connectivity index (χ2n) is 5.47. The first-order valence-corrected chi connectivity index (χ1v) is 6.95. The van der Waals surface area contributed by atoms with Gasteiger partial charge in [-0.2, -0.15) is 0 Å². The Morgan fingerprint density at radius 1 is 1.25 bits per heavy atom. The van der Waals surface area contributed by atoms with Crippen molar-refractivity contribution in [3.63, 3.8) is 0 Å². The van der Waals surface area contributed by atoms with Gasteiger partial charge in [0.15, 0.2) is 0 Å². The van der Waals surface area contributed by atoms with E-state index < -0.39 is 0 Å². The van der Waals surface area contributed by atoms with Gasteiger partial charge < -0.3 is 10.2 Å². The molecule has 0 spiro atoms. The van der Waals surface area contributed by atoms with E-state index in [4.69, 9.17) is 0 Å². The summed E-state index contributed by atoms with van der Waals surface area (Å²) in [4.78, 5) is 5.22. The summed E-state index contributed by atoms with van der Waals surface area (Å²) in [5.74, 6) is 0. The Balaban J connectivity index is 1.88. The van der Waals surface area contributed by atoms with E-state index >= 15 is 0 Å². The number of nitrogens with zero attached hydrogens (tertiary/aromatic N) is 2. The van der Waals surface area contributed by atoms with E-state index in [1.54, 1.807) is 0 Å². The van der Waals surface area contributed by atoms with Crippen LogP contribution in [0.15, 0.2) is 0 Å². The molecule has 0 aromatic carbocycles. The summed E-state index contributed by atoms with van der Waals surface area (Å²) < 4.78 is 0. The van der Waals surface area contributed by atoms with Gasteiger partial charge in [-0.05, 0) is 52.4 Å². The first kappa shape index (κ1) is 12.3. The lowest BCUT2D eigenvalue weighted by atomic mass is 10.1. The highest BCUT2D eigenvalue weighted by molar-refractivity contribution is 4.84. The number of nitrogens with one attached hydrogen (secondary N) is 1. The first-order valence-electron chi connectivity index (χ1n) is 6.95. The number of likely N-dealkylation sites (N-methyl/N-ethyl adjacent to an activating group) is 1. The molecule has 0 aromatic heterocycles. The smallest absolute Gasteiger partial charge is 0.0221 e. The van der Waals surface area contributed by atoms with E-state index in [1.807, 2.05) is 0 Å². The molecule has 0 radical (unpaired) electrons. The third-order valence-electron chi connectivity index (χ3n) is 4.11. The molecular weight excluding hydrogens is 198 g/mol. The van der Waals surface area contributed by atoms with Crippen LogP contribution in [0.1, 0.15) is 32.6 Å². The minimum atomic E-state index is 0.762. The van der Waals surface area contributed by atoms with Gasteiger partial charge in [0.1, 0.15) is 0 Å². The highest BCUT2D eigenvalue weighted by Crippen LogP contribution is 2.15. The Kier molecular flexibility index (Phi) is 4.62. The maximum absolute atomic E-state index is 3.62. The van der Waals surface area contributed by atoms with Crippen molar-refractivity contribution in [3.05, 3.63) is 0 Å². The van der Waals surface area contributed by atoms with E-state index in [9.17, 15) is 0 Å². The quantitative estimate of drug-likeness (QED) is 0.777. The lowest BCUT2D eigenvalue weighted by Crippen LogP contribution is -2.45. The molecule has 0 amide bonds. The molecule has 2 fully saturated rings. The lowest BCUT2D eigenvalue weighted by Gasteiger charge is -2.32. The van der Waals surface area contributed by atoms with E-state index in [2.05, 4.69) is 29.1 Å². The number of hydrogen-bond acceptors (Lipinski definition) is 3. The third kappa shape index (κ3) is 3.19. The third-order valence-corrected chi connectivity index (χ3v) is 4.11. The molecule has 0 saturated carbocycles. The molecule has 16 heavy (non-hydrogen) atoms. The maximum Gasteiger partial charge on any atom is 0.0221 e. The molecule has 0 aliphatic carbocycles. The van der Waals surface area contributed by atoms with Crippen LogP contribution in [-0.4, -0.2) is 61.7 Å². The van der Waals surface area contributed by atoms with Crippen molar-refractivity contribution in [2.24, 2.45) is 0 Å². The van der Waals surface area contributed by atoms with Crippen LogP contribution in [-0.2, 0) is 0 Å². The van der Waals surface area contributed by atoms with E-state index in [-0.39, 0.29) is 0 Å². The second kappa shape index (κ2) is 5.99. The molecule has 2 saturated heterocycles.